The van der Waals surface area contributed by atoms with E-state index in [1.165, 1.54) is 5.56 Å². The number of fused-ring (bicyclic) bond motifs is 1. The topological polar surface area (TPSA) is 127 Å². The number of nitrogens with zero attached hydrogens (tertiary/aromatic N) is 1. The van der Waals surface area contributed by atoms with E-state index in [1.807, 2.05) is 26.8 Å². The summed E-state index contributed by atoms with van der Waals surface area (Å²) in [6.07, 6.45) is 2.33. The van der Waals surface area contributed by atoms with Gasteiger partial charge in [0.15, 0.2) is 0 Å². The number of carbonyl (C=O) groups is 3. The Hall–Kier alpha value is -3.34. The normalized spacial score (nSPS) is 18.4. The van der Waals surface area contributed by atoms with Crippen molar-refractivity contribution in [2.24, 2.45) is 11.3 Å². The molecule has 4 atom stereocenters. The van der Waals surface area contributed by atoms with Crippen LogP contribution in [0, 0.1) is 22.7 Å². The van der Waals surface area contributed by atoms with Crippen molar-refractivity contribution in [1.29, 1.82) is 5.26 Å². The minimum Gasteiger partial charge on any atom is -0.356 e. The molecule has 0 unspecified atom stereocenters. The Balaban J connectivity index is 1.74. The summed E-state index contributed by atoms with van der Waals surface area (Å²) in [4.78, 5) is 41.3. The molecule has 3 rings (SSSR count). The van der Waals surface area contributed by atoms with E-state index in [1.54, 1.807) is 6.07 Å². The third-order valence-electron chi connectivity index (χ3n) is 6.66. The molecular formula is C27H37N5O3. The number of nitrogens with one attached hydrogen (secondary N) is 4. The molecule has 0 aliphatic carbocycles. The Labute approximate surface area is 207 Å². The number of H-pyrrole nitrogens is 1. The average Bonchev–Trinajstić information content (AvgIpc) is 3.41. The van der Waals surface area contributed by atoms with Gasteiger partial charge in [0.25, 0.3) is 5.91 Å². The van der Waals surface area contributed by atoms with Crippen LogP contribution in [0.3, 0.4) is 0 Å². The Morgan fingerprint density at radius 1 is 1.23 bits per heavy atom. The van der Waals surface area contributed by atoms with E-state index in [0.717, 1.165) is 17.3 Å². The van der Waals surface area contributed by atoms with Crippen LogP contribution in [0.25, 0.3) is 10.9 Å². The lowest BCUT2D eigenvalue weighted by atomic mass is 9.87. The van der Waals surface area contributed by atoms with Gasteiger partial charge >= 0.3 is 0 Å². The molecular weight excluding hydrogens is 442 g/mol. The lowest BCUT2D eigenvalue weighted by molar-refractivity contribution is -0.125. The second kappa shape index (κ2) is 10.9. The molecule has 8 heteroatoms. The first-order valence-corrected chi connectivity index (χ1v) is 12.4. The van der Waals surface area contributed by atoms with Gasteiger partial charge in [-0.1, -0.05) is 40.7 Å². The summed E-state index contributed by atoms with van der Waals surface area (Å²) < 4.78 is 0. The van der Waals surface area contributed by atoms with Crippen molar-refractivity contribution in [2.75, 3.05) is 6.54 Å². The SMILES string of the molecule is CC[C@H](C)c1ccc2[nH]c(C(=O)N[C@@H](CC(C)(C)C)C(=O)N[C@H](C#N)C[C@@H]3CCNC3=O)cc2c1. The van der Waals surface area contributed by atoms with Crippen LogP contribution in [0.15, 0.2) is 24.3 Å². The van der Waals surface area contributed by atoms with Crippen LogP contribution in [-0.4, -0.2) is 41.3 Å². The summed E-state index contributed by atoms with van der Waals surface area (Å²) in [7, 11) is 0. The number of aromatic nitrogens is 1. The molecule has 1 aromatic heterocycles. The van der Waals surface area contributed by atoms with Crippen LogP contribution in [-0.2, 0) is 9.59 Å². The fourth-order valence-corrected chi connectivity index (χ4v) is 4.44. The van der Waals surface area contributed by atoms with Gasteiger partial charge in [-0.15, -0.1) is 0 Å². The number of hydrogen-bond acceptors (Lipinski definition) is 4. The first kappa shape index (κ1) is 26.3. The summed E-state index contributed by atoms with van der Waals surface area (Å²) in [6, 6.07) is 8.40. The first-order chi connectivity index (χ1) is 16.5. The molecule has 2 heterocycles. The van der Waals surface area contributed by atoms with Gasteiger partial charge in [-0.25, -0.2) is 0 Å². The highest BCUT2D eigenvalue weighted by molar-refractivity contribution is 6.00. The number of aromatic amines is 1. The second-order valence-corrected chi connectivity index (χ2v) is 10.8. The minimum atomic E-state index is -0.821. The molecule has 1 saturated heterocycles. The summed E-state index contributed by atoms with van der Waals surface area (Å²) in [5, 5.41) is 18.9. The van der Waals surface area contributed by atoms with E-state index < -0.39 is 18.0 Å². The number of hydrogen-bond donors (Lipinski definition) is 4. The van der Waals surface area contributed by atoms with E-state index in [2.05, 4.69) is 53.0 Å². The molecule has 8 nitrogen and oxygen atoms in total. The van der Waals surface area contributed by atoms with Crippen molar-refractivity contribution in [2.45, 2.75) is 78.3 Å². The van der Waals surface area contributed by atoms with Crippen LogP contribution in [0.5, 0.6) is 0 Å². The van der Waals surface area contributed by atoms with E-state index in [0.29, 0.717) is 31.0 Å². The number of rotatable bonds is 9. The molecule has 3 amide bonds. The number of amides is 3. The molecule has 188 valence electrons. The highest BCUT2D eigenvalue weighted by Gasteiger charge is 2.32. The van der Waals surface area contributed by atoms with Crippen molar-refractivity contribution in [3.63, 3.8) is 0 Å². The number of nitriles is 1. The van der Waals surface area contributed by atoms with Gasteiger partial charge in [-0.3, -0.25) is 14.4 Å². The van der Waals surface area contributed by atoms with Crippen molar-refractivity contribution in [1.82, 2.24) is 20.9 Å². The lowest BCUT2D eigenvalue weighted by Crippen LogP contribution is -2.51. The molecule has 1 fully saturated rings. The minimum absolute atomic E-state index is 0.0886. The average molecular weight is 480 g/mol. The van der Waals surface area contributed by atoms with Crippen LogP contribution in [0.4, 0.5) is 0 Å². The Morgan fingerprint density at radius 2 is 1.97 bits per heavy atom. The zero-order valence-electron chi connectivity index (χ0n) is 21.3. The van der Waals surface area contributed by atoms with E-state index in [-0.39, 0.29) is 29.6 Å². The lowest BCUT2D eigenvalue weighted by Gasteiger charge is -2.27. The van der Waals surface area contributed by atoms with Crippen molar-refractivity contribution in [3.05, 3.63) is 35.5 Å². The highest BCUT2D eigenvalue weighted by Crippen LogP contribution is 2.25. The molecule has 0 spiro atoms. The molecule has 4 N–H and O–H groups in total. The first-order valence-electron chi connectivity index (χ1n) is 12.4. The van der Waals surface area contributed by atoms with Gasteiger partial charge in [0, 0.05) is 23.4 Å². The molecule has 0 bridgehead atoms. The zero-order chi connectivity index (χ0) is 25.8. The molecule has 1 aliphatic heterocycles. The van der Waals surface area contributed by atoms with Gasteiger partial charge in [-0.05, 0) is 60.8 Å². The number of benzene rings is 1. The monoisotopic (exact) mass is 479 g/mol. The predicted molar refractivity (Wildman–Crippen MR) is 136 cm³/mol. The summed E-state index contributed by atoms with van der Waals surface area (Å²) in [5.74, 6) is -0.751. The molecule has 35 heavy (non-hydrogen) atoms. The molecule has 0 radical (unpaired) electrons. The second-order valence-electron chi connectivity index (χ2n) is 10.8. The molecule has 0 saturated carbocycles. The maximum absolute atomic E-state index is 13.1. The van der Waals surface area contributed by atoms with Crippen LogP contribution >= 0.6 is 0 Å². The van der Waals surface area contributed by atoms with Gasteiger partial charge in [0.1, 0.15) is 17.8 Å². The zero-order valence-corrected chi connectivity index (χ0v) is 21.3. The predicted octanol–water partition coefficient (Wildman–Crippen LogP) is 3.75. The van der Waals surface area contributed by atoms with Crippen LogP contribution < -0.4 is 16.0 Å². The van der Waals surface area contributed by atoms with Crippen molar-refractivity contribution in [3.8, 4) is 6.07 Å². The summed E-state index contributed by atoms with van der Waals surface area (Å²) >= 11 is 0. The largest absolute Gasteiger partial charge is 0.356 e. The third-order valence-corrected chi connectivity index (χ3v) is 6.66. The summed E-state index contributed by atoms with van der Waals surface area (Å²) in [6.45, 7) is 10.9. The van der Waals surface area contributed by atoms with E-state index in [4.69, 9.17) is 0 Å². The van der Waals surface area contributed by atoms with Gasteiger partial charge in [0.2, 0.25) is 11.8 Å². The van der Waals surface area contributed by atoms with Crippen molar-refractivity contribution >= 4 is 28.6 Å². The van der Waals surface area contributed by atoms with Gasteiger partial charge in [-0.2, -0.15) is 5.26 Å². The van der Waals surface area contributed by atoms with Gasteiger partial charge < -0.3 is 20.9 Å². The fourth-order valence-electron chi connectivity index (χ4n) is 4.44. The van der Waals surface area contributed by atoms with E-state index in [9.17, 15) is 19.6 Å². The standard InChI is InChI=1S/C27H37N5O3/c1-6-16(2)17-7-8-21-19(11-17)13-22(31-21)25(34)32-23(14-27(3,4)5)26(35)30-20(15-28)12-18-9-10-29-24(18)33/h7-8,11,13,16,18,20,23,31H,6,9-10,12,14H2,1-5H3,(H,29,33)(H,30,35)(H,32,34)/t16-,18-,20-,23-/m0/s1. The third kappa shape index (κ3) is 6.84. The quantitative estimate of drug-likeness (QED) is 0.437. The molecule has 2 aromatic rings. The van der Waals surface area contributed by atoms with E-state index >= 15 is 0 Å². The summed E-state index contributed by atoms with van der Waals surface area (Å²) in [5.41, 5.74) is 2.22. The fraction of sp³-hybridized carbons (Fsp3) is 0.556. The van der Waals surface area contributed by atoms with Crippen LogP contribution in [0.2, 0.25) is 0 Å². The van der Waals surface area contributed by atoms with Crippen molar-refractivity contribution < 1.29 is 14.4 Å². The van der Waals surface area contributed by atoms with Crippen LogP contribution in [0.1, 0.15) is 82.3 Å². The Bertz CT molecular complexity index is 1120. The maximum Gasteiger partial charge on any atom is 0.268 e. The Kier molecular flexibility index (Phi) is 8.21. The Morgan fingerprint density at radius 3 is 2.57 bits per heavy atom. The maximum atomic E-state index is 13.1. The molecule has 1 aromatic carbocycles. The highest BCUT2D eigenvalue weighted by atomic mass is 16.2. The number of carbonyl (C=O) groups excluding carboxylic acids is 3. The molecule has 1 aliphatic rings. The smallest absolute Gasteiger partial charge is 0.268 e. The van der Waals surface area contributed by atoms with Gasteiger partial charge in [0.05, 0.1) is 6.07 Å².